The smallest absolute Gasteiger partial charge is 0.339 e. The summed E-state index contributed by atoms with van der Waals surface area (Å²) in [6.45, 7) is 5.41. The van der Waals surface area contributed by atoms with Gasteiger partial charge in [0, 0.05) is 18.0 Å². The number of nitriles is 1. The molecule has 0 aliphatic carbocycles. The van der Waals surface area contributed by atoms with Gasteiger partial charge in [-0.2, -0.15) is 5.26 Å². The first kappa shape index (κ1) is 24.0. The molecule has 0 fully saturated rings. The third kappa shape index (κ3) is 5.38. The van der Waals surface area contributed by atoms with Gasteiger partial charge in [-0.15, -0.1) is 0 Å². The molecule has 1 N–H and O–H groups in total. The molecule has 3 rings (SSSR count). The van der Waals surface area contributed by atoms with Crippen LogP contribution in [0.5, 0.6) is 0 Å². The fourth-order valence-electron chi connectivity index (χ4n) is 3.46. The standard InChI is InChI=1S/C25H25N3O4S/c1-4-33(31)22-13-9-8-12-20(22)25(30)32-16-23(29)27-24-21(14-26)17(2)18(3)28(24)15-19-10-6-5-7-11-19/h5-13H,4,15-16H2,1-3H3,(H,27,29). The van der Waals surface area contributed by atoms with Crippen LogP contribution < -0.4 is 5.32 Å². The lowest BCUT2D eigenvalue weighted by atomic mass is 10.2. The molecule has 8 heteroatoms. The van der Waals surface area contributed by atoms with Crippen molar-refractivity contribution in [3.8, 4) is 6.07 Å². The van der Waals surface area contributed by atoms with Crippen LogP contribution in [0.2, 0.25) is 0 Å². The van der Waals surface area contributed by atoms with E-state index < -0.39 is 29.3 Å². The van der Waals surface area contributed by atoms with E-state index in [9.17, 15) is 19.1 Å². The van der Waals surface area contributed by atoms with E-state index in [0.29, 0.717) is 28.6 Å². The first-order valence-electron chi connectivity index (χ1n) is 10.4. The first-order chi connectivity index (χ1) is 15.9. The van der Waals surface area contributed by atoms with Crippen molar-refractivity contribution in [3.05, 3.63) is 82.5 Å². The van der Waals surface area contributed by atoms with E-state index in [2.05, 4.69) is 11.4 Å². The molecule has 1 aromatic heterocycles. The summed E-state index contributed by atoms with van der Waals surface area (Å²) in [6, 6.07) is 18.3. The second kappa shape index (κ2) is 10.7. The number of hydrogen-bond acceptors (Lipinski definition) is 5. The van der Waals surface area contributed by atoms with Gasteiger partial charge in [-0.3, -0.25) is 9.00 Å². The molecule has 0 bridgehead atoms. The Kier molecular flexibility index (Phi) is 7.80. The average Bonchev–Trinajstić information content (AvgIpc) is 3.06. The topological polar surface area (TPSA) is 101 Å². The largest absolute Gasteiger partial charge is 0.452 e. The van der Waals surface area contributed by atoms with Crippen molar-refractivity contribution in [2.45, 2.75) is 32.2 Å². The maximum absolute atomic E-state index is 12.6. The predicted molar refractivity (Wildman–Crippen MR) is 126 cm³/mol. The Hall–Kier alpha value is -3.70. The van der Waals surface area contributed by atoms with Crippen LogP contribution in [0.25, 0.3) is 0 Å². The zero-order valence-corrected chi connectivity index (χ0v) is 19.6. The van der Waals surface area contributed by atoms with E-state index in [1.165, 1.54) is 6.07 Å². The Morgan fingerprint density at radius 3 is 2.42 bits per heavy atom. The highest BCUT2D eigenvalue weighted by atomic mass is 32.2. The minimum atomic E-state index is -1.34. The molecule has 0 saturated carbocycles. The number of hydrogen-bond donors (Lipinski definition) is 1. The number of rotatable bonds is 8. The second-order valence-electron chi connectivity index (χ2n) is 7.37. The number of nitrogens with zero attached hydrogens (tertiary/aromatic N) is 2. The molecule has 0 aliphatic heterocycles. The summed E-state index contributed by atoms with van der Waals surface area (Å²) in [5, 5.41) is 12.4. The Morgan fingerprint density at radius 1 is 1.09 bits per heavy atom. The highest BCUT2D eigenvalue weighted by Gasteiger charge is 2.21. The van der Waals surface area contributed by atoms with Gasteiger partial charge in [-0.1, -0.05) is 49.4 Å². The van der Waals surface area contributed by atoms with Crippen LogP contribution in [-0.2, 0) is 26.9 Å². The number of amides is 1. The Balaban J connectivity index is 1.77. The Bertz CT molecular complexity index is 1240. The molecule has 1 atom stereocenters. The van der Waals surface area contributed by atoms with Gasteiger partial charge >= 0.3 is 5.97 Å². The van der Waals surface area contributed by atoms with E-state index in [-0.39, 0.29) is 5.56 Å². The first-order valence-corrected chi connectivity index (χ1v) is 11.8. The normalized spacial score (nSPS) is 11.5. The molecule has 2 aromatic carbocycles. The lowest BCUT2D eigenvalue weighted by Gasteiger charge is -2.14. The van der Waals surface area contributed by atoms with Gasteiger partial charge in [-0.25, -0.2) is 4.79 Å². The van der Waals surface area contributed by atoms with Crippen LogP contribution in [0.3, 0.4) is 0 Å². The number of carbonyl (C=O) groups is 2. The molecule has 0 saturated heterocycles. The monoisotopic (exact) mass is 463 g/mol. The number of aromatic nitrogens is 1. The van der Waals surface area contributed by atoms with Crippen molar-refractivity contribution in [3.63, 3.8) is 0 Å². The van der Waals surface area contributed by atoms with Gasteiger partial charge in [0.2, 0.25) is 0 Å². The van der Waals surface area contributed by atoms with Crippen molar-refractivity contribution in [2.75, 3.05) is 17.7 Å². The molecule has 7 nitrogen and oxygen atoms in total. The fraction of sp³-hybridized carbons (Fsp3) is 0.240. The molecule has 0 spiro atoms. The number of esters is 1. The molecule has 3 aromatic rings. The zero-order chi connectivity index (χ0) is 24.0. The molecule has 1 heterocycles. The van der Waals surface area contributed by atoms with E-state index in [1.807, 2.05) is 48.7 Å². The predicted octanol–water partition coefficient (Wildman–Crippen LogP) is 3.95. The average molecular weight is 464 g/mol. The summed E-state index contributed by atoms with van der Waals surface area (Å²) < 4.78 is 19.3. The summed E-state index contributed by atoms with van der Waals surface area (Å²) in [5.41, 5.74) is 3.19. The third-order valence-corrected chi connectivity index (χ3v) is 6.70. The maximum atomic E-state index is 12.6. The van der Waals surface area contributed by atoms with Crippen LogP contribution in [0, 0.1) is 25.2 Å². The van der Waals surface area contributed by atoms with Gasteiger partial charge in [-0.05, 0) is 37.1 Å². The molecular formula is C25H25N3O4S. The van der Waals surface area contributed by atoms with Crippen molar-refractivity contribution in [1.82, 2.24) is 4.57 Å². The number of benzene rings is 2. The second-order valence-corrected chi connectivity index (χ2v) is 9.08. The summed E-state index contributed by atoms with van der Waals surface area (Å²) in [4.78, 5) is 25.6. The van der Waals surface area contributed by atoms with E-state index in [0.717, 1.165) is 16.8 Å². The molecule has 33 heavy (non-hydrogen) atoms. The SMILES string of the molecule is CCS(=O)c1ccccc1C(=O)OCC(=O)Nc1c(C#N)c(C)c(C)n1Cc1ccccc1. The summed E-state index contributed by atoms with van der Waals surface area (Å²) in [5.74, 6) is -0.570. The molecule has 170 valence electrons. The fourth-order valence-corrected chi connectivity index (χ4v) is 4.40. The van der Waals surface area contributed by atoms with Gasteiger partial charge in [0.25, 0.3) is 5.91 Å². The summed E-state index contributed by atoms with van der Waals surface area (Å²) in [7, 11) is -1.34. The van der Waals surface area contributed by atoms with E-state index in [4.69, 9.17) is 4.74 Å². The molecule has 1 unspecified atom stereocenters. The summed E-state index contributed by atoms with van der Waals surface area (Å²) >= 11 is 0. The van der Waals surface area contributed by atoms with Crippen molar-refractivity contribution < 1.29 is 18.5 Å². The van der Waals surface area contributed by atoms with E-state index >= 15 is 0 Å². The quantitative estimate of drug-likeness (QED) is 0.510. The highest BCUT2D eigenvalue weighted by Crippen LogP contribution is 2.27. The number of nitrogens with one attached hydrogen (secondary N) is 1. The third-order valence-electron chi connectivity index (χ3n) is 5.33. The van der Waals surface area contributed by atoms with Crippen LogP contribution in [0.15, 0.2) is 59.5 Å². The minimum Gasteiger partial charge on any atom is -0.452 e. The van der Waals surface area contributed by atoms with Crippen LogP contribution in [0.4, 0.5) is 5.82 Å². The van der Waals surface area contributed by atoms with Gasteiger partial charge in [0.1, 0.15) is 11.9 Å². The minimum absolute atomic E-state index is 0.169. The number of anilines is 1. The lowest BCUT2D eigenvalue weighted by Crippen LogP contribution is -2.23. The van der Waals surface area contributed by atoms with Gasteiger partial charge in [0.05, 0.1) is 26.8 Å². The van der Waals surface area contributed by atoms with Crippen LogP contribution >= 0.6 is 0 Å². The van der Waals surface area contributed by atoms with E-state index in [1.54, 1.807) is 25.1 Å². The van der Waals surface area contributed by atoms with Gasteiger partial charge in [0.15, 0.2) is 6.61 Å². The zero-order valence-electron chi connectivity index (χ0n) is 18.8. The van der Waals surface area contributed by atoms with Crippen LogP contribution in [-0.4, -0.2) is 33.0 Å². The molecule has 0 aliphatic rings. The Labute approximate surface area is 195 Å². The molecular weight excluding hydrogens is 438 g/mol. The number of carbonyl (C=O) groups excluding carboxylic acids is 2. The Morgan fingerprint density at radius 2 is 1.76 bits per heavy atom. The van der Waals surface area contributed by atoms with Crippen LogP contribution in [0.1, 0.15) is 39.7 Å². The lowest BCUT2D eigenvalue weighted by molar-refractivity contribution is -0.119. The van der Waals surface area contributed by atoms with Crippen molar-refractivity contribution in [1.29, 1.82) is 5.26 Å². The molecule has 1 amide bonds. The van der Waals surface area contributed by atoms with Crippen molar-refractivity contribution >= 4 is 28.5 Å². The summed E-state index contributed by atoms with van der Waals surface area (Å²) in [6.07, 6.45) is 0. The number of ether oxygens (including phenoxy) is 1. The highest BCUT2D eigenvalue weighted by molar-refractivity contribution is 7.85. The van der Waals surface area contributed by atoms with Gasteiger partial charge < -0.3 is 14.6 Å². The van der Waals surface area contributed by atoms with Crippen molar-refractivity contribution in [2.24, 2.45) is 0 Å². The molecule has 0 radical (unpaired) electrons. The maximum Gasteiger partial charge on any atom is 0.339 e.